The Labute approximate surface area is 125 Å². The zero-order chi connectivity index (χ0) is 14.8. The van der Waals surface area contributed by atoms with Crippen molar-refractivity contribution >= 4 is 16.7 Å². The van der Waals surface area contributed by atoms with Crippen LogP contribution in [0.1, 0.15) is 44.1 Å². The number of carboxylic acid groups (broad SMARTS) is 1. The summed E-state index contributed by atoms with van der Waals surface area (Å²) in [5.74, 6) is -0.0421. The molecule has 2 aromatic carbocycles. The Morgan fingerprint density at radius 2 is 1.90 bits per heavy atom. The largest absolute Gasteiger partial charge is 0.481 e. The maximum absolute atomic E-state index is 11.6. The third-order valence-corrected chi connectivity index (χ3v) is 5.06. The standard InChI is InChI=1S/C19H22O2/c1-2-13-7-10-17(19(20)21)18(11-13)16-9-8-14-5-3-4-6-15(14)12-16/h3-6,8-9,12-13,17-18H,2,7,10-11H2,1H3,(H,20,21). The van der Waals surface area contributed by atoms with Crippen LogP contribution in [0.4, 0.5) is 0 Å². The molecule has 0 spiro atoms. The molecular weight excluding hydrogens is 260 g/mol. The van der Waals surface area contributed by atoms with Gasteiger partial charge in [-0.3, -0.25) is 4.79 Å². The van der Waals surface area contributed by atoms with Crippen LogP contribution in [-0.2, 0) is 4.79 Å². The third kappa shape index (κ3) is 2.80. The average Bonchev–Trinajstić information content (AvgIpc) is 2.53. The van der Waals surface area contributed by atoms with Gasteiger partial charge < -0.3 is 5.11 Å². The number of carbonyl (C=O) groups is 1. The first kappa shape index (κ1) is 14.1. The van der Waals surface area contributed by atoms with Gasteiger partial charge in [-0.15, -0.1) is 0 Å². The van der Waals surface area contributed by atoms with Gasteiger partial charge in [0.05, 0.1) is 5.92 Å². The Morgan fingerprint density at radius 3 is 2.62 bits per heavy atom. The molecule has 0 aliphatic heterocycles. The molecular formula is C19H22O2. The molecule has 1 saturated carbocycles. The first-order valence-electron chi connectivity index (χ1n) is 7.90. The number of hydrogen-bond donors (Lipinski definition) is 1. The molecule has 0 heterocycles. The van der Waals surface area contributed by atoms with Crippen molar-refractivity contribution in [2.45, 2.75) is 38.5 Å². The number of hydrogen-bond acceptors (Lipinski definition) is 1. The summed E-state index contributed by atoms with van der Waals surface area (Å²) in [7, 11) is 0. The van der Waals surface area contributed by atoms with Gasteiger partial charge in [-0.1, -0.05) is 55.8 Å². The van der Waals surface area contributed by atoms with E-state index in [0.717, 1.165) is 25.7 Å². The summed E-state index contributed by atoms with van der Waals surface area (Å²) in [6.45, 7) is 2.21. The van der Waals surface area contributed by atoms with E-state index in [-0.39, 0.29) is 11.8 Å². The number of fused-ring (bicyclic) bond motifs is 1. The van der Waals surface area contributed by atoms with E-state index >= 15 is 0 Å². The van der Waals surface area contributed by atoms with E-state index in [1.165, 1.54) is 16.3 Å². The molecule has 0 amide bonds. The highest BCUT2D eigenvalue weighted by atomic mass is 16.4. The molecule has 2 nitrogen and oxygen atoms in total. The SMILES string of the molecule is CCC1CCC(C(=O)O)C(c2ccc3ccccc3c2)C1. The predicted molar refractivity (Wildman–Crippen MR) is 85.4 cm³/mol. The number of rotatable bonds is 3. The Bertz CT molecular complexity index is 647. The molecule has 1 aliphatic rings. The summed E-state index contributed by atoms with van der Waals surface area (Å²) >= 11 is 0. The van der Waals surface area contributed by atoms with Crippen LogP contribution in [0.15, 0.2) is 42.5 Å². The number of benzene rings is 2. The Hall–Kier alpha value is -1.83. The highest BCUT2D eigenvalue weighted by molar-refractivity contribution is 5.83. The highest BCUT2D eigenvalue weighted by Gasteiger charge is 2.35. The zero-order valence-electron chi connectivity index (χ0n) is 12.5. The second kappa shape index (κ2) is 5.88. The van der Waals surface area contributed by atoms with E-state index in [0.29, 0.717) is 5.92 Å². The van der Waals surface area contributed by atoms with Crippen molar-refractivity contribution in [2.75, 3.05) is 0 Å². The first-order chi connectivity index (χ1) is 10.2. The third-order valence-electron chi connectivity index (χ3n) is 5.06. The van der Waals surface area contributed by atoms with Crippen molar-refractivity contribution in [1.82, 2.24) is 0 Å². The molecule has 2 heteroatoms. The maximum atomic E-state index is 11.6. The molecule has 1 N–H and O–H groups in total. The second-order valence-electron chi connectivity index (χ2n) is 6.25. The fraction of sp³-hybridized carbons (Fsp3) is 0.421. The van der Waals surface area contributed by atoms with E-state index in [1.807, 2.05) is 12.1 Å². The van der Waals surface area contributed by atoms with Crippen molar-refractivity contribution in [3.8, 4) is 0 Å². The normalized spacial score (nSPS) is 25.9. The second-order valence-corrected chi connectivity index (χ2v) is 6.25. The van der Waals surface area contributed by atoms with Gasteiger partial charge in [-0.05, 0) is 47.4 Å². The van der Waals surface area contributed by atoms with E-state index in [1.54, 1.807) is 0 Å². The summed E-state index contributed by atoms with van der Waals surface area (Å²) < 4.78 is 0. The molecule has 1 aliphatic carbocycles. The summed E-state index contributed by atoms with van der Waals surface area (Å²) in [6.07, 6.45) is 4.02. The van der Waals surface area contributed by atoms with Crippen LogP contribution in [0.3, 0.4) is 0 Å². The van der Waals surface area contributed by atoms with Crippen LogP contribution in [0.5, 0.6) is 0 Å². The van der Waals surface area contributed by atoms with Crippen molar-refractivity contribution in [3.63, 3.8) is 0 Å². The minimum Gasteiger partial charge on any atom is -0.481 e. The number of aliphatic carboxylic acids is 1. The summed E-state index contributed by atoms with van der Waals surface area (Å²) in [4.78, 5) is 11.6. The summed E-state index contributed by atoms with van der Waals surface area (Å²) in [5.41, 5.74) is 1.19. The van der Waals surface area contributed by atoms with Crippen LogP contribution in [0.25, 0.3) is 10.8 Å². The zero-order valence-corrected chi connectivity index (χ0v) is 12.5. The Balaban J connectivity index is 1.97. The van der Waals surface area contributed by atoms with Crippen LogP contribution in [0.2, 0.25) is 0 Å². The fourth-order valence-electron chi connectivity index (χ4n) is 3.73. The molecule has 21 heavy (non-hydrogen) atoms. The van der Waals surface area contributed by atoms with Gasteiger partial charge in [-0.25, -0.2) is 0 Å². The van der Waals surface area contributed by atoms with Crippen LogP contribution < -0.4 is 0 Å². The van der Waals surface area contributed by atoms with Crippen LogP contribution in [-0.4, -0.2) is 11.1 Å². The van der Waals surface area contributed by atoms with Gasteiger partial charge in [0.25, 0.3) is 0 Å². The van der Waals surface area contributed by atoms with Gasteiger partial charge in [0.1, 0.15) is 0 Å². The molecule has 3 atom stereocenters. The van der Waals surface area contributed by atoms with Gasteiger partial charge in [0, 0.05) is 0 Å². The predicted octanol–water partition coefficient (Wildman–Crippen LogP) is 4.83. The fourth-order valence-corrected chi connectivity index (χ4v) is 3.73. The van der Waals surface area contributed by atoms with Gasteiger partial charge in [0.2, 0.25) is 0 Å². The molecule has 2 aromatic rings. The van der Waals surface area contributed by atoms with Gasteiger partial charge in [-0.2, -0.15) is 0 Å². The topological polar surface area (TPSA) is 37.3 Å². The molecule has 0 saturated heterocycles. The molecule has 1 fully saturated rings. The maximum Gasteiger partial charge on any atom is 0.307 e. The lowest BCUT2D eigenvalue weighted by atomic mass is 9.70. The van der Waals surface area contributed by atoms with Crippen molar-refractivity contribution in [3.05, 3.63) is 48.0 Å². The molecule has 3 rings (SSSR count). The first-order valence-corrected chi connectivity index (χ1v) is 7.90. The quantitative estimate of drug-likeness (QED) is 0.875. The smallest absolute Gasteiger partial charge is 0.307 e. The Kier molecular flexibility index (Phi) is 3.96. The van der Waals surface area contributed by atoms with E-state index in [9.17, 15) is 9.90 Å². The van der Waals surface area contributed by atoms with Crippen molar-refractivity contribution in [2.24, 2.45) is 11.8 Å². The van der Waals surface area contributed by atoms with Crippen molar-refractivity contribution in [1.29, 1.82) is 0 Å². The van der Waals surface area contributed by atoms with E-state index in [2.05, 4.69) is 37.3 Å². The molecule has 0 aromatic heterocycles. The number of carboxylic acids is 1. The lowest BCUT2D eigenvalue weighted by Crippen LogP contribution is -2.29. The van der Waals surface area contributed by atoms with E-state index < -0.39 is 5.97 Å². The average molecular weight is 282 g/mol. The Morgan fingerprint density at radius 1 is 1.14 bits per heavy atom. The van der Waals surface area contributed by atoms with E-state index in [4.69, 9.17) is 0 Å². The molecule has 0 radical (unpaired) electrons. The molecule has 3 unspecified atom stereocenters. The molecule has 0 bridgehead atoms. The minimum atomic E-state index is -0.636. The molecule has 110 valence electrons. The van der Waals surface area contributed by atoms with Crippen LogP contribution in [0, 0.1) is 11.8 Å². The van der Waals surface area contributed by atoms with Crippen LogP contribution >= 0.6 is 0 Å². The van der Waals surface area contributed by atoms with Crippen molar-refractivity contribution < 1.29 is 9.90 Å². The lowest BCUT2D eigenvalue weighted by Gasteiger charge is -2.34. The van der Waals surface area contributed by atoms with Gasteiger partial charge in [0.15, 0.2) is 0 Å². The monoisotopic (exact) mass is 282 g/mol. The summed E-state index contributed by atoms with van der Waals surface area (Å²) in [5, 5.41) is 12.0. The highest BCUT2D eigenvalue weighted by Crippen LogP contribution is 2.42. The summed E-state index contributed by atoms with van der Waals surface area (Å²) in [6, 6.07) is 14.7. The lowest BCUT2D eigenvalue weighted by molar-refractivity contribution is -0.143. The van der Waals surface area contributed by atoms with Gasteiger partial charge >= 0.3 is 5.97 Å². The minimum absolute atomic E-state index is 0.158.